The Kier molecular flexibility index (Phi) is 4.88. The molecule has 1 unspecified atom stereocenters. The molecule has 0 spiro atoms. The van der Waals surface area contributed by atoms with Crippen molar-refractivity contribution in [2.45, 2.75) is 38.1 Å². The van der Waals surface area contributed by atoms with Gasteiger partial charge in [0.05, 0.1) is 11.7 Å². The summed E-state index contributed by atoms with van der Waals surface area (Å²) < 4.78 is 0. The van der Waals surface area contributed by atoms with Crippen LogP contribution in [-0.2, 0) is 0 Å². The molecule has 2 heterocycles. The zero-order valence-electron chi connectivity index (χ0n) is 10.4. The van der Waals surface area contributed by atoms with Crippen molar-refractivity contribution >= 4 is 0 Å². The normalized spacial score (nSPS) is 20.5. The lowest BCUT2D eigenvalue weighted by molar-refractivity contribution is 0.180. The lowest BCUT2D eigenvalue weighted by Crippen LogP contribution is -2.36. The van der Waals surface area contributed by atoms with Crippen molar-refractivity contribution in [1.82, 2.24) is 14.9 Å². The van der Waals surface area contributed by atoms with E-state index in [1.807, 2.05) is 6.07 Å². The van der Waals surface area contributed by atoms with Crippen molar-refractivity contribution in [3.8, 4) is 0 Å². The molecular formula is C13H22N4. The van der Waals surface area contributed by atoms with E-state index < -0.39 is 0 Å². The van der Waals surface area contributed by atoms with E-state index in [2.05, 4.69) is 14.9 Å². The van der Waals surface area contributed by atoms with Crippen LogP contribution in [-0.4, -0.2) is 34.5 Å². The first-order valence-electron chi connectivity index (χ1n) is 6.62. The van der Waals surface area contributed by atoms with Crippen LogP contribution in [0.3, 0.4) is 0 Å². The number of hydrogen-bond donors (Lipinski definition) is 1. The van der Waals surface area contributed by atoms with Gasteiger partial charge in [-0.25, -0.2) is 9.97 Å². The molecule has 1 atom stereocenters. The molecule has 2 N–H and O–H groups in total. The SMILES string of the molecule is NCC(c1ccncn1)N1CCCCCCC1. The summed E-state index contributed by atoms with van der Waals surface area (Å²) in [6.07, 6.45) is 10.0. The third-order valence-electron chi connectivity index (χ3n) is 3.50. The first-order chi connectivity index (χ1) is 8.42. The maximum atomic E-state index is 5.92. The zero-order chi connectivity index (χ0) is 11.9. The Morgan fingerprint density at radius 1 is 1.18 bits per heavy atom. The van der Waals surface area contributed by atoms with Gasteiger partial charge in [-0.3, -0.25) is 4.90 Å². The van der Waals surface area contributed by atoms with Gasteiger partial charge in [0.15, 0.2) is 0 Å². The van der Waals surface area contributed by atoms with E-state index in [1.165, 1.54) is 32.1 Å². The fourth-order valence-electron chi connectivity index (χ4n) is 2.54. The molecule has 1 aliphatic rings. The fraction of sp³-hybridized carbons (Fsp3) is 0.692. The maximum absolute atomic E-state index is 5.92. The number of hydrogen-bond acceptors (Lipinski definition) is 4. The number of rotatable bonds is 3. The Balaban J connectivity index is 2.05. The first-order valence-corrected chi connectivity index (χ1v) is 6.62. The van der Waals surface area contributed by atoms with Gasteiger partial charge in [0.25, 0.3) is 0 Å². The Morgan fingerprint density at radius 3 is 2.47 bits per heavy atom. The molecule has 0 amide bonds. The van der Waals surface area contributed by atoms with Crippen LogP contribution < -0.4 is 5.73 Å². The molecule has 1 aromatic heterocycles. The molecule has 1 aromatic rings. The average molecular weight is 234 g/mol. The van der Waals surface area contributed by atoms with E-state index in [0.717, 1.165) is 18.8 Å². The van der Waals surface area contributed by atoms with Crippen molar-refractivity contribution in [3.05, 3.63) is 24.3 Å². The summed E-state index contributed by atoms with van der Waals surface area (Å²) in [5.41, 5.74) is 6.98. The third kappa shape index (κ3) is 3.48. The van der Waals surface area contributed by atoms with Gasteiger partial charge < -0.3 is 5.73 Å². The molecule has 1 saturated heterocycles. The highest BCUT2D eigenvalue weighted by atomic mass is 15.2. The number of nitrogens with zero attached hydrogens (tertiary/aromatic N) is 3. The fourth-order valence-corrected chi connectivity index (χ4v) is 2.54. The van der Waals surface area contributed by atoms with Gasteiger partial charge in [-0.15, -0.1) is 0 Å². The van der Waals surface area contributed by atoms with Gasteiger partial charge in [0, 0.05) is 12.7 Å². The highest BCUT2D eigenvalue weighted by Crippen LogP contribution is 2.21. The molecule has 0 radical (unpaired) electrons. The highest BCUT2D eigenvalue weighted by molar-refractivity contribution is 5.05. The minimum atomic E-state index is 0.260. The number of nitrogens with two attached hydrogens (primary N) is 1. The molecule has 4 heteroatoms. The molecule has 17 heavy (non-hydrogen) atoms. The minimum absolute atomic E-state index is 0.260. The van der Waals surface area contributed by atoms with Crippen molar-refractivity contribution in [1.29, 1.82) is 0 Å². The highest BCUT2D eigenvalue weighted by Gasteiger charge is 2.20. The summed E-state index contributed by atoms with van der Waals surface area (Å²) >= 11 is 0. The minimum Gasteiger partial charge on any atom is -0.329 e. The zero-order valence-corrected chi connectivity index (χ0v) is 10.4. The Morgan fingerprint density at radius 2 is 1.88 bits per heavy atom. The van der Waals surface area contributed by atoms with Crippen LogP contribution in [0.1, 0.15) is 43.8 Å². The van der Waals surface area contributed by atoms with Gasteiger partial charge in [0.2, 0.25) is 0 Å². The van der Waals surface area contributed by atoms with E-state index >= 15 is 0 Å². The van der Waals surface area contributed by atoms with Gasteiger partial charge in [-0.05, 0) is 32.0 Å². The largest absolute Gasteiger partial charge is 0.329 e. The summed E-state index contributed by atoms with van der Waals surface area (Å²) in [5, 5.41) is 0. The van der Waals surface area contributed by atoms with Crippen LogP contribution in [0.2, 0.25) is 0 Å². The topological polar surface area (TPSA) is 55.0 Å². The second-order valence-corrected chi connectivity index (χ2v) is 4.69. The Labute approximate surface area is 103 Å². The Hall–Kier alpha value is -1.00. The smallest absolute Gasteiger partial charge is 0.115 e. The monoisotopic (exact) mass is 234 g/mol. The molecule has 1 fully saturated rings. The van der Waals surface area contributed by atoms with Crippen LogP contribution in [0.15, 0.2) is 18.6 Å². The van der Waals surface area contributed by atoms with Gasteiger partial charge in [0.1, 0.15) is 6.33 Å². The maximum Gasteiger partial charge on any atom is 0.115 e. The summed E-state index contributed by atoms with van der Waals surface area (Å²) in [6, 6.07) is 2.24. The summed E-state index contributed by atoms with van der Waals surface area (Å²) in [6.45, 7) is 2.93. The van der Waals surface area contributed by atoms with Crippen molar-refractivity contribution in [2.24, 2.45) is 5.73 Å². The molecule has 4 nitrogen and oxygen atoms in total. The average Bonchev–Trinajstić information content (AvgIpc) is 2.34. The molecule has 0 aliphatic carbocycles. The predicted octanol–water partition coefficient (Wildman–Crippen LogP) is 1.74. The van der Waals surface area contributed by atoms with Gasteiger partial charge in [-0.1, -0.05) is 19.3 Å². The molecule has 0 aromatic carbocycles. The molecule has 94 valence electrons. The second kappa shape index (κ2) is 6.67. The molecule has 2 rings (SSSR count). The van der Waals surface area contributed by atoms with Crippen LogP contribution in [0.5, 0.6) is 0 Å². The quantitative estimate of drug-likeness (QED) is 0.865. The summed E-state index contributed by atoms with van der Waals surface area (Å²) in [4.78, 5) is 10.8. The molecule has 0 bridgehead atoms. The van der Waals surface area contributed by atoms with E-state index in [0.29, 0.717) is 6.54 Å². The van der Waals surface area contributed by atoms with Gasteiger partial charge in [-0.2, -0.15) is 0 Å². The predicted molar refractivity (Wildman–Crippen MR) is 68.5 cm³/mol. The van der Waals surface area contributed by atoms with E-state index in [9.17, 15) is 0 Å². The number of likely N-dealkylation sites (tertiary alicyclic amines) is 1. The van der Waals surface area contributed by atoms with E-state index in [1.54, 1.807) is 12.5 Å². The molecule has 0 saturated carbocycles. The van der Waals surface area contributed by atoms with Crippen LogP contribution in [0.25, 0.3) is 0 Å². The second-order valence-electron chi connectivity index (χ2n) is 4.69. The number of aromatic nitrogens is 2. The standard InChI is InChI=1S/C13H22N4/c14-10-13(12-6-7-15-11-16-12)17-8-4-2-1-3-5-9-17/h6-7,11,13H,1-5,8-10,14H2. The van der Waals surface area contributed by atoms with Crippen molar-refractivity contribution < 1.29 is 0 Å². The Bertz CT molecular complexity index is 306. The third-order valence-corrected chi connectivity index (χ3v) is 3.50. The molecular weight excluding hydrogens is 212 g/mol. The van der Waals surface area contributed by atoms with Crippen LogP contribution in [0.4, 0.5) is 0 Å². The summed E-state index contributed by atoms with van der Waals surface area (Å²) in [7, 11) is 0. The lowest BCUT2D eigenvalue weighted by atomic mass is 10.1. The van der Waals surface area contributed by atoms with E-state index in [-0.39, 0.29) is 6.04 Å². The van der Waals surface area contributed by atoms with Crippen LogP contribution >= 0.6 is 0 Å². The molecule has 1 aliphatic heterocycles. The summed E-state index contributed by atoms with van der Waals surface area (Å²) in [5.74, 6) is 0. The lowest BCUT2D eigenvalue weighted by Gasteiger charge is -2.31. The van der Waals surface area contributed by atoms with Crippen molar-refractivity contribution in [3.63, 3.8) is 0 Å². The van der Waals surface area contributed by atoms with E-state index in [4.69, 9.17) is 5.73 Å². The van der Waals surface area contributed by atoms with Crippen LogP contribution in [0, 0.1) is 0 Å². The van der Waals surface area contributed by atoms with Crippen molar-refractivity contribution in [2.75, 3.05) is 19.6 Å². The first kappa shape index (κ1) is 12.5. The van der Waals surface area contributed by atoms with Gasteiger partial charge >= 0.3 is 0 Å².